The molecule has 0 atom stereocenters. The largest absolute Gasteiger partial charge is 0.455 e. The molecule has 460 valence electrons. The molecule has 6 radical (unpaired) electrons. The highest BCUT2D eigenvalue weighted by Crippen LogP contribution is 2.49. The van der Waals surface area contributed by atoms with Gasteiger partial charge in [-0.15, -0.1) is 0 Å². The number of hydrogen-bond acceptors (Lipinski definition) is 3. The predicted octanol–water partition coefficient (Wildman–Crippen LogP) is 23.7. The van der Waals surface area contributed by atoms with Crippen molar-refractivity contribution in [3.63, 3.8) is 0 Å². The summed E-state index contributed by atoms with van der Waals surface area (Å²) in [6.45, 7) is 1.50. The van der Waals surface area contributed by atoms with Crippen LogP contribution in [0.15, 0.2) is 356 Å². The lowest BCUT2D eigenvalue weighted by Gasteiger charge is -2.18. The van der Waals surface area contributed by atoms with Crippen LogP contribution < -0.4 is 0 Å². The smallest absolute Gasteiger partial charge is 0.160 e. The Morgan fingerprint density at radius 3 is 1.08 bits per heavy atom. The number of hydrogen-bond donors (Lipinski definition) is 0. The minimum atomic E-state index is 0.697. The van der Waals surface area contributed by atoms with Crippen molar-refractivity contribution in [2.45, 2.75) is 6.82 Å². The van der Waals surface area contributed by atoms with Crippen LogP contribution in [0.1, 0.15) is 0 Å². The summed E-state index contributed by atoms with van der Waals surface area (Å²) in [5, 5.41) is 12.2. The lowest BCUT2D eigenvalue weighted by molar-refractivity contribution is 0.670. The van der Waals surface area contributed by atoms with Crippen molar-refractivity contribution in [1.82, 2.24) is 19.1 Å². The van der Waals surface area contributed by atoms with Crippen molar-refractivity contribution in [1.29, 1.82) is 0 Å². The van der Waals surface area contributed by atoms with E-state index < -0.39 is 0 Å². The van der Waals surface area contributed by atoms with Gasteiger partial charge in [-0.25, -0.2) is 9.97 Å². The molecule has 0 aliphatic rings. The summed E-state index contributed by atoms with van der Waals surface area (Å²) >= 11 is 0. The van der Waals surface area contributed by atoms with Gasteiger partial charge in [0, 0.05) is 81.4 Å². The molecular formula is C91H61B3N4O. The van der Waals surface area contributed by atoms with Gasteiger partial charge < -0.3 is 13.6 Å². The van der Waals surface area contributed by atoms with Crippen LogP contribution in [0.4, 0.5) is 0 Å². The maximum Gasteiger partial charge on any atom is 0.160 e. The van der Waals surface area contributed by atoms with Crippen LogP contribution in [0, 0.1) is 0 Å². The van der Waals surface area contributed by atoms with Gasteiger partial charge in [-0.05, 0) is 121 Å². The molecule has 0 unspecified atom stereocenters. The molecule has 0 N–H and O–H groups in total. The van der Waals surface area contributed by atoms with Gasteiger partial charge in [-0.3, -0.25) is 0 Å². The Bertz CT molecular complexity index is 5790. The number of nitrogens with zero attached hydrogens (tertiary/aromatic N) is 4. The molecule has 0 bridgehead atoms. The zero-order chi connectivity index (χ0) is 66.8. The second kappa shape index (κ2) is 26.9. The van der Waals surface area contributed by atoms with Crippen LogP contribution in [-0.4, -0.2) is 42.4 Å². The minimum Gasteiger partial charge on any atom is -0.455 e. The van der Waals surface area contributed by atoms with Gasteiger partial charge >= 0.3 is 0 Å². The second-order valence-electron chi connectivity index (χ2n) is 24.3. The molecule has 99 heavy (non-hydrogen) atoms. The van der Waals surface area contributed by atoms with E-state index in [0.717, 1.165) is 94.6 Å². The van der Waals surface area contributed by atoms with Gasteiger partial charge in [0.05, 0.1) is 41.3 Å². The minimum absolute atomic E-state index is 0.697. The SMILES string of the molecule is [B]C.[B][B].c1ccc(-c2cc(-c3cc(-n4c5ccccc5c5ccccc54)cc(-n4c5ccccc5c5ccccc54)c3)nc(-c3ccccc3)n2)cc1.c1ccc(-c2ccc(-c3ccc(-c4c5ccccc5c(-c5ccccc5)c5ccccc45)c4c3oc3ccccc34)cc2)cc1. The fourth-order valence-corrected chi connectivity index (χ4v) is 14.5. The Morgan fingerprint density at radius 2 is 0.606 bits per heavy atom. The normalized spacial score (nSPS) is 11.2. The summed E-state index contributed by atoms with van der Waals surface area (Å²) in [7, 11) is 12.5. The highest BCUT2D eigenvalue weighted by atomic mass is 16.3. The van der Waals surface area contributed by atoms with Gasteiger partial charge in [0.1, 0.15) is 11.2 Å². The fraction of sp³-hybridized carbons (Fsp3) is 0.0110. The Morgan fingerprint density at radius 1 is 0.263 bits per heavy atom. The quantitative estimate of drug-likeness (QED) is 0.107. The molecule has 15 aromatic carbocycles. The predicted molar refractivity (Wildman–Crippen MR) is 421 cm³/mol. The molecule has 19 aromatic rings. The molecule has 0 aliphatic carbocycles. The van der Waals surface area contributed by atoms with E-state index in [1.54, 1.807) is 0 Å². The third-order valence-corrected chi connectivity index (χ3v) is 18.8. The highest BCUT2D eigenvalue weighted by molar-refractivity contribution is 6.75. The molecule has 0 aliphatic heterocycles. The number of benzene rings is 15. The van der Waals surface area contributed by atoms with E-state index >= 15 is 0 Å². The number of furan rings is 1. The van der Waals surface area contributed by atoms with E-state index in [2.05, 4.69) is 360 Å². The van der Waals surface area contributed by atoms with E-state index in [1.165, 1.54) is 83.3 Å². The van der Waals surface area contributed by atoms with Gasteiger partial charge in [0.15, 0.2) is 5.82 Å². The van der Waals surface area contributed by atoms with E-state index in [9.17, 15) is 0 Å². The van der Waals surface area contributed by atoms with E-state index in [0.29, 0.717) is 5.82 Å². The lowest BCUT2D eigenvalue weighted by Crippen LogP contribution is -2.01. The first-order chi connectivity index (χ1) is 49.1. The van der Waals surface area contributed by atoms with Crippen LogP contribution in [0.3, 0.4) is 0 Å². The summed E-state index contributed by atoms with van der Waals surface area (Å²) in [5.41, 5.74) is 23.0. The van der Waals surface area contributed by atoms with E-state index in [1.807, 2.05) is 24.3 Å². The highest BCUT2D eigenvalue weighted by Gasteiger charge is 2.24. The maximum atomic E-state index is 6.73. The van der Waals surface area contributed by atoms with Crippen molar-refractivity contribution < 1.29 is 4.42 Å². The van der Waals surface area contributed by atoms with E-state index in [-0.39, 0.29) is 0 Å². The Labute approximate surface area is 578 Å². The van der Waals surface area contributed by atoms with Crippen LogP contribution in [0.25, 0.3) is 177 Å². The first kappa shape index (κ1) is 61.4. The van der Waals surface area contributed by atoms with Crippen molar-refractivity contribution in [3.8, 4) is 89.8 Å². The van der Waals surface area contributed by atoms with Gasteiger partial charge in [-0.1, -0.05) is 298 Å². The van der Waals surface area contributed by atoms with Crippen molar-refractivity contribution in [2.24, 2.45) is 0 Å². The third kappa shape index (κ3) is 11.1. The summed E-state index contributed by atoms with van der Waals surface area (Å²) in [6, 6.07) is 125. The first-order valence-electron chi connectivity index (χ1n) is 33.3. The van der Waals surface area contributed by atoms with Crippen molar-refractivity contribution in [2.75, 3.05) is 0 Å². The van der Waals surface area contributed by atoms with Crippen LogP contribution in [0.2, 0.25) is 6.82 Å². The van der Waals surface area contributed by atoms with Crippen LogP contribution >= 0.6 is 0 Å². The topological polar surface area (TPSA) is 48.8 Å². The molecule has 0 fully saturated rings. The molecule has 4 heterocycles. The summed E-state index contributed by atoms with van der Waals surface area (Å²) in [4.78, 5) is 10.4. The first-order valence-corrected chi connectivity index (χ1v) is 33.3. The third-order valence-electron chi connectivity index (χ3n) is 18.8. The average Bonchev–Trinajstić information content (AvgIpc) is 1.72. The zero-order valence-electron chi connectivity index (χ0n) is 54.4. The van der Waals surface area contributed by atoms with E-state index in [4.69, 9.17) is 14.4 Å². The molecule has 0 spiro atoms. The molecule has 8 heteroatoms. The summed E-state index contributed by atoms with van der Waals surface area (Å²) < 4.78 is 11.5. The standard InChI is InChI=1S/C46H30N4.C44H28O.CH3B.B2/c1-3-15-31(16-4-1)40-30-41(48-46(47-40)32-17-5-2-6-18-32)33-27-34(49-42-23-11-7-19-36(42)37-20-8-12-24-43(37)49)29-35(28-33)50-44-25-13-9-21-38(44)39-22-10-14-26-45(39)50;1-3-13-29(14-4-1)30-23-25-31(26-24-30)33-27-28-39(43-38-21-11-12-22-40(38)45-44(33)43)42-36-19-9-7-17-34(36)41(32-15-5-2-6-16-32)35-18-8-10-20-37(35)42;2*1-2/h1-30H;1-28H;1H3;. The Balaban J connectivity index is 0.000000148. The fourth-order valence-electron chi connectivity index (χ4n) is 14.5. The monoisotopic (exact) mass is 1260 g/mol. The van der Waals surface area contributed by atoms with Gasteiger partial charge in [0.2, 0.25) is 0 Å². The molecule has 0 saturated heterocycles. The van der Waals surface area contributed by atoms with Crippen LogP contribution in [0.5, 0.6) is 0 Å². The number of para-hydroxylation sites is 5. The molecular weight excluding hydrogens is 1200 g/mol. The molecule has 0 saturated carbocycles. The average molecular weight is 1260 g/mol. The van der Waals surface area contributed by atoms with Crippen molar-refractivity contribution >= 4 is 110 Å². The van der Waals surface area contributed by atoms with Gasteiger partial charge in [-0.2, -0.15) is 0 Å². The van der Waals surface area contributed by atoms with Crippen LogP contribution in [-0.2, 0) is 0 Å². The maximum absolute atomic E-state index is 6.73. The summed E-state index contributed by atoms with van der Waals surface area (Å²) in [5.74, 6) is 0.697. The summed E-state index contributed by atoms with van der Waals surface area (Å²) in [6.07, 6.45) is 0. The number of fused-ring (bicyclic) bond motifs is 11. The molecule has 4 aromatic heterocycles. The Kier molecular flexibility index (Phi) is 16.7. The van der Waals surface area contributed by atoms with Crippen molar-refractivity contribution in [3.05, 3.63) is 352 Å². The van der Waals surface area contributed by atoms with Gasteiger partial charge in [0.25, 0.3) is 0 Å². The number of aromatic nitrogens is 4. The number of rotatable bonds is 9. The molecule has 0 amide bonds. The Hall–Kier alpha value is -12.5. The molecule has 19 rings (SSSR count). The zero-order valence-corrected chi connectivity index (χ0v) is 54.4. The second-order valence-corrected chi connectivity index (χ2v) is 24.3. The molecule has 5 nitrogen and oxygen atoms in total. The lowest BCUT2D eigenvalue weighted by atomic mass is 9.81.